The van der Waals surface area contributed by atoms with Crippen molar-refractivity contribution in [2.45, 2.75) is 39.8 Å². The first-order chi connectivity index (χ1) is 10.9. The van der Waals surface area contributed by atoms with Crippen LogP contribution >= 0.6 is 0 Å². The van der Waals surface area contributed by atoms with Gasteiger partial charge in [-0.05, 0) is 25.3 Å². The van der Waals surface area contributed by atoms with Crippen LogP contribution in [0.4, 0.5) is 0 Å². The van der Waals surface area contributed by atoms with E-state index in [9.17, 15) is 9.59 Å². The van der Waals surface area contributed by atoms with E-state index < -0.39 is 0 Å². The van der Waals surface area contributed by atoms with Crippen LogP contribution in [0.1, 0.15) is 31.4 Å². The molecule has 1 aromatic rings. The predicted octanol–water partition coefficient (Wildman–Crippen LogP) is 1.48. The van der Waals surface area contributed by atoms with Gasteiger partial charge in [0.25, 0.3) is 0 Å². The third-order valence-corrected chi connectivity index (χ3v) is 4.59. The molecule has 0 aromatic heterocycles. The molecule has 1 aromatic carbocycles. The van der Waals surface area contributed by atoms with E-state index in [-0.39, 0.29) is 42.7 Å². The lowest BCUT2D eigenvalue weighted by atomic mass is 10.0. The molecule has 1 heterocycles. The van der Waals surface area contributed by atoms with Gasteiger partial charge >= 0.3 is 0 Å². The number of benzene rings is 1. The number of rotatable bonds is 6. The van der Waals surface area contributed by atoms with Crippen molar-refractivity contribution in [2.75, 3.05) is 13.2 Å². The zero-order chi connectivity index (χ0) is 17.0. The van der Waals surface area contributed by atoms with Gasteiger partial charge in [-0.1, -0.05) is 36.8 Å². The van der Waals surface area contributed by atoms with Gasteiger partial charge in [-0.3, -0.25) is 9.59 Å². The summed E-state index contributed by atoms with van der Waals surface area (Å²) >= 11 is 0. The maximum Gasteiger partial charge on any atom is 0.225 e. The highest BCUT2D eigenvalue weighted by Crippen LogP contribution is 2.21. The fourth-order valence-corrected chi connectivity index (χ4v) is 2.66. The van der Waals surface area contributed by atoms with Gasteiger partial charge in [-0.25, -0.2) is 0 Å². The van der Waals surface area contributed by atoms with Crippen LogP contribution in [0.5, 0.6) is 0 Å². The van der Waals surface area contributed by atoms with Crippen LogP contribution in [-0.2, 0) is 16.1 Å². The fourth-order valence-electron chi connectivity index (χ4n) is 2.66. The highest BCUT2D eigenvalue weighted by atomic mass is 16.3. The molecule has 2 amide bonds. The molecule has 5 nitrogen and oxygen atoms in total. The lowest BCUT2D eigenvalue weighted by molar-refractivity contribution is -0.129. The van der Waals surface area contributed by atoms with Crippen LogP contribution in [0, 0.1) is 18.8 Å². The molecule has 126 valence electrons. The van der Waals surface area contributed by atoms with Crippen molar-refractivity contribution in [3.05, 3.63) is 35.4 Å². The second-order valence-electron chi connectivity index (χ2n) is 6.62. The van der Waals surface area contributed by atoms with Crippen molar-refractivity contribution in [1.29, 1.82) is 0 Å². The van der Waals surface area contributed by atoms with Gasteiger partial charge in [-0.2, -0.15) is 0 Å². The largest absolute Gasteiger partial charge is 0.396 e. The summed E-state index contributed by atoms with van der Waals surface area (Å²) in [5.74, 6) is -0.382. The van der Waals surface area contributed by atoms with Crippen molar-refractivity contribution >= 4 is 11.8 Å². The number of aliphatic hydroxyl groups excluding tert-OH is 1. The van der Waals surface area contributed by atoms with Crippen molar-refractivity contribution in [3.63, 3.8) is 0 Å². The average molecular weight is 318 g/mol. The van der Waals surface area contributed by atoms with Gasteiger partial charge in [0.05, 0.1) is 5.92 Å². The minimum absolute atomic E-state index is 0.000263. The second kappa shape index (κ2) is 7.59. The highest BCUT2D eigenvalue weighted by Gasteiger charge is 2.34. The van der Waals surface area contributed by atoms with E-state index in [4.69, 9.17) is 5.11 Å². The summed E-state index contributed by atoms with van der Waals surface area (Å²) in [6.45, 7) is 6.82. The van der Waals surface area contributed by atoms with E-state index in [2.05, 4.69) is 5.32 Å². The summed E-state index contributed by atoms with van der Waals surface area (Å²) in [6, 6.07) is 7.98. The Morgan fingerprint density at radius 3 is 2.61 bits per heavy atom. The first kappa shape index (κ1) is 17.5. The average Bonchev–Trinajstić information content (AvgIpc) is 2.89. The van der Waals surface area contributed by atoms with Gasteiger partial charge in [0, 0.05) is 32.2 Å². The Morgan fingerprint density at radius 1 is 1.35 bits per heavy atom. The molecule has 0 saturated carbocycles. The summed E-state index contributed by atoms with van der Waals surface area (Å²) in [4.78, 5) is 26.2. The maximum absolute atomic E-state index is 12.3. The Kier molecular flexibility index (Phi) is 5.77. The molecular weight excluding hydrogens is 292 g/mol. The second-order valence-corrected chi connectivity index (χ2v) is 6.62. The Hall–Kier alpha value is -1.88. The van der Waals surface area contributed by atoms with E-state index in [0.29, 0.717) is 13.1 Å². The Morgan fingerprint density at radius 2 is 2.00 bits per heavy atom. The summed E-state index contributed by atoms with van der Waals surface area (Å²) in [5.41, 5.74) is 2.26. The van der Waals surface area contributed by atoms with Crippen LogP contribution in [0.15, 0.2) is 24.3 Å². The zero-order valence-electron chi connectivity index (χ0n) is 14.1. The van der Waals surface area contributed by atoms with Gasteiger partial charge in [0.2, 0.25) is 11.8 Å². The minimum atomic E-state index is -0.304. The van der Waals surface area contributed by atoms with Crippen molar-refractivity contribution in [3.8, 4) is 0 Å². The molecule has 0 bridgehead atoms. The number of amides is 2. The van der Waals surface area contributed by atoms with Crippen LogP contribution in [0.25, 0.3) is 0 Å². The molecular formula is C18H26N2O3. The highest BCUT2D eigenvalue weighted by molar-refractivity contribution is 5.89. The molecule has 0 spiro atoms. The number of carbonyl (C=O) groups excluding carboxylic acids is 2. The van der Waals surface area contributed by atoms with Gasteiger partial charge in [0.1, 0.15) is 0 Å². The molecule has 5 heteroatoms. The number of hydrogen-bond acceptors (Lipinski definition) is 3. The summed E-state index contributed by atoms with van der Waals surface area (Å²) in [7, 11) is 0. The number of likely N-dealkylation sites (tertiary alicyclic amines) is 1. The predicted molar refractivity (Wildman–Crippen MR) is 88.6 cm³/mol. The Labute approximate surface area is 137 Å². The molecule has 0 radical (unpaired) electrons. The Balaban J connectivity index is 1.91. The van der Waals surface area contributed by atoms with Crippen molar-refractivity contribution < 1.29 is 14.7 Å². The molecule has 1 fully saturated rings. The normalized spacial score (nSPS) is 20.4. The van der Waals surface area contributed by atoms with E-state index in [1.807, 2.05) is 45.0 Å². The summed E-state index contributed by atoms with van der Waals surface area (Å²) in [5, 5.41) is 12.0. The lowest BCUT2D eigenvalue weighted by Gasteiger charge is -2.21. The molecule has 2 N–H and O–H groups in total. The first-order valence-corrected chi connectivity index (χ1v) is 8.15. The van der Waals surface area contributed by atoms with E-state index in [0.717, 1.165) is 5.56 Å². The fraction of sp³-hybridized carbons (Fsp3) is 0.556. The van der Waals surface area contributed by atoms with Crippen molar-refractivity contribution in [1.82, 2.24) is 10.2 Å². The topological polar surface area (TPSA) is 69.6 Å². The molecule has 23 heavy (non-hydrogen) atoms. The molecule has 3 unspecified atom stereocenters. The van der Waals surface area contributed by atoms with Crippen LogP contribution in [-0.4, -0.2) is 41.0 Å². The Bertz CT molecular complexity index is 556. The van der Waals surface area contributed by atoms with E-state index in [1.165, 1.54) is 5.56 Å². The number of aryl methyl sites for hydroxylation is 1. The van der Waals surface area contributed by atoms with Gasteiger partial charge < -0.3 is 15.3 Å². The number of aliphatic hydroxyl groups is 1. The minimum Gasteiger partial charge on any atom is -0.396 e. The zero-order valence-corrected chi connectivity index (χ0v) is 14.1. The quantitative estimate of drug-likeness (QED) is 0.834. The molecule has 0 aliphatic carbocycles. The first-order valence-electron chi connectivity index (χ1n) is 8.15. The number of hydrogen-bond donors (Lipinski definition) is 2. The molecule has 1 aliphatic rings. The monoisotopic (exact) mass is 318 g/mol. The van der Waals surface area contributed by atoms with Crippen LogP contribution in [0.3, 0.4) is 0 Å². The number of carbonyl (C=O) groups is 2. The van der Waals surface area contributed by atoms with Gasteiger partial charge in [-0.15, -0.1) is 0 Å². The van der Waals surface area contributed by atoms with Crippen LogP contribution < -0.4 is 5.32 Å². The maximum atomic E-state index is 12.3. The number of nitrogens with one attached hydrogen (secondary N) is 1. The summed E-state index contributed by atoms with van der Waals surface area (Å²) < 4.78 is 0. The smallest absolute Gasteiger partial charge is 0.225 e. The standard InChI is InChI=1S/C18H26N2O3/c1-12-4-6-15(7-5-12)9-20-10-16(8-17(20)22)18(23)19-14(3)13(2)11-21/h4-7,13-14,16,21H,8-11H2,1-3H3,(H,19,23). The number of nitrogens with zero attached hydrogens (tertiary/aromatic N) is 1. The molecule has 1 saturated heterocycles. The van der Waals surface area contributed by atoms with Crippen LogP contribution in [0.2, 0.25) is 0 Å². The van der Waals surface area contributed by atoms with E-state index in [1.54, 1.807) is 4.90 Å². The van der Waals surface area contributed by atoms with Crippen molar-refractivity contribution in [2.24, 2.45) is 11.8 Å². The third kappa shape index (κ3) is 4.55. The lowest BCUT2D eigenvalue weighted by Crippen LogP contribution is -2.42. The van der Waals surface area contributed by atoms with Gasteiger partial charge in [0.15, 0.2) is 0 Å². The third-order valence-electron chi connectivity index (χ3n) is 4.59. The summed E-state index contributed by atoms with van der Waals surface area (Å²) in [6.07, 6.45) is 0.262. The molecule has 3 atom stereocenters. The molecule has 2 rings (SSSR count). The SMILES string of the molecule is Cc1ccc(CN2CC(C(=O)NC(C)C(C)CO)CC2=O)cc1. The van der Waals surface area contributed by atoms with E-state index >= 15 is 0 Å². The molecule has 1 aliphatic heterocycles.